The van der Waals surface area contributed by atoms with Gasteiger partial charge in [0.05, 0.1) is 12.2 Å². The third kappa shape index (κ3) is 3.03. The first-order chi connectivity index (χ1) is 9.13. The van der Waals surface area contributed by atoms with Crippen LogP contribution < -0.4 is 0 Å². The second-order valence-electron chi connectivity index (χ2n) is 3.77. The summed E-state index contributed by atoms with van der Waals surface area (Å²) in [6.07, 6.45) is 0.611. The summed E-state index contributed by atoms with van der Waals surface area (Å²) in [7, 11) is 0. The smallest absolute Gasteiger partial charge is 0.338 e. The van der Waals surface area contributed by atoms with E-state index in [1.807, 2.05) is 0 Å². The molecule has 0 radical (unpaired) electrons. The molecule has 0 atom stereocenters. The standard InChI is InChI=1S/C14H11ClO4/c1-2-18-14(17)10-5-9(6-11(15)7-10)13-4-3-12(8-16)19-13/h3-8H,2H2,1H3. The van der Waals surface area contributed by atoms with Gasteiger partial charge in [0.25, 0.3) is 0 Å². The van der Waals surface area contributed by atoms with Gasteiger partial charge in [-0.1, -0.05) is 11.6 Å². The fourth-order valence-corrected chi connectivity index (χ4v) is 1.87. The van der Waals surface area contributed by atoms with Crippen LogP contribution >= 0.6 is 11.6 Å². The lowest BCUT2D eigenvalue weighted by atomic mass is 10.1. The SMILES string of the molecule is CCOC(=O)c1cc(Cl)cc(-c2ccc(C=O)o2)c1. The number of hydrogen-bond donors (Lipinski definition) is 0. The van der Waals surface area contributed by atoms with Crippen LogP contribution in [0.2, 0.25) is 5.02 Å². The zero-order chi connectivity index (χ0) is 13.8. The fraction of sp³-hybridized carbons (Fsp3) is 0.143. The molecule has 1 aromatic heterocycles. The first kappa shape index (κ1) is 13.4. The van der Waals surface area contributed by atoms with E-state index in [0.29, 0.717) is 28.2 Å². The molecule has 0 saturated carbocycles. The number of hydrogen-bond acceptors (Lipinski definition) is 4. The van der Waals surface area contributed by atoms with Crippen LogP contribution in [0.5, 0.6) is 0 Å². The quantitative estimate of drug-likeness (QED) is 0.633. The van der Waals surface area contributed by atoms with Crippen molar-refractivity contribution in [2.24, 2.45) is 0 Å². The molecule has 0 aliphatic rings. The number of carbonyl (C=O) groups is 2. The van der Waals surface area contributed by atoms with Crippen LogP contribution in [0.15, 0.2) is 34.7 Å². The number of carbonyl (C=O) groups excluding carboxylic acids is 2. The van der Waals surface area contributed by atoms with E-state index in [9.17, 15) is 9.59 Å². The summed E-state index contributed by atoms with van der Waals surface area (Å²) in [5.41, 5.74) is 0.956. The summed E-state index contributed by atoms with van der Waals surface area (Å²) in [4.78, 5) is 22.3. The molecule has 0 fully saturated rings. The number of rotatable bonds is 4. The Bertz CT molecular complexity index is 616. The van der Waals surface area contributed by atoms with Gasteiger partial charge in [-0.15, -0.1) is 0 Å². The minimum atomic E-state index is -0.451. The van der Waals surface area contributed by atoms with E-state index >= 15 is 0 Å². The van der Waals surface area contributed by atoms with Gasteiger partial charge in [-0.2, -0.15) is 0 Å². The van der Waals surface area contributed by atoms with E-state index in [1.165, 1.54) is 6.07 Å². The molecule has 0 N–H and O–H groups in total. The molecule has 0 aliphatic carbocycles. The highest BCUT2D eigenvalue weighted by atomic mass is 35.5. The highest BCUT2D eigenvalue weighted by molar-refractivity contribution is 6.31. The van der Waals surface area contributed by atoms with Gasteiger partial charge in [-0.05, 0) is 37.3 Å². The Balaban J connectivity index is 2.41. The van der Waals surface area contributed by atoms with Gasteiger partial charge in [0.1, 0.15) is 5.76 Å². The van der Waals surface area contributed by atoms with Gasteiger partial charge >= 0.3 is 5.97 Å². The summed E-state index contributed by atoms with van der Waals surface area (Å²) in [5, 5.41) is 0.393. The molecule has 0 spiro atoms. The molecular weight excluding hydrogens is 268 g/mol. The molecule has 4 nitrogen and oxygen atoms in total. The van der Waals surface area contributed by atoms with Gasteiger partial charge in [0, 0.05) is 10.6 Å². The van der Waals surface area contributed by atoms with Crippen molar-refractivity contribution < 1.29 is 18.7 Å². The normalized spacial score (nSPS) is 10.2. The largest absolute Gasteiger partial charge is 0.462 e. The minimum Gasteiger partial charge on any atom is -0.462 e. The molecule has 0 amide bonds. The number of furan rings is 1. The van der Waals surface area contributed by atoms with E-state index in [4.69, 9.17) is 20.8 Å². The lowest BCUT2D eigenvalue weighted by Gasteiger charge is -2.04. The predicted octanol–water partition coefficient (Wildman–Crippen LogP) is 3.59. The summed E-state index contributed by atoms with van der Waals surface area (Å²) in [6.45, 7) is 2.02. The van der Waals surface area contributed by atoms with E-state index in [0.717, 1.165) is 0 Å². The van der Waals surface area contributed by atoms with Crippen molar-refractivity contribution in [3.8, 4) is 11.3 Å². The second kappa shape index (κ2) is 5.71. The van der Waals surface area contributed by atoms with Gasteiger partial charge in [-0.3, -0.25) is 4.79 Å². The van der Waals surface area contributed by atoms with Crippen molar-refractivity contribution in [1.29, 1.82) is 0 Å². The van der Waals surface area contributed by atoms with E-state index in [2.05, 4.69) is 0 Å². The molecule has 0 unspecified atom stereocenters. The number of ether oxygens (including phenoxy) is 1. The Hall–Kier alpha value is -2.07. The van der Waals surface area contributed by atoms with Crippen molar-refractivity contribution in [1.82, 2.24) is 0 Å². The predicted molar refractivity (Wildman–Crippen MR) is 70.5 cm³/mol. The van der Waals surface area contributed by atoms with Crippen molar-refractivity contribution in [2.45, 2.75) is 6.92 Å². The van der Waals surface area contributed by atoms with E-state index in [-0.39, 0.29) is 12.4 Å². The number of halogens is 1. The van der Waals surface area contributed by atoms with Crippen LogP contribution in [0, 0.1) is 0 Å². The molecule has 1 aromatic carbocycles. The van der Waals surface area contributed by atoms with Crippen LogP contribution in [0.25, 0.3) is 11.3 Å². The van der Waals surface area contributed by atoms with Crippen LogP contribution in [0.4, 0.5) is 0 Å². The number of benzene rings is 1. The van der Waals surface area contributed by atoms with E-state index in [1.54, 1.807) is 31.2 Å². The molecular formula is C14H11ClO4. The first-order valence-electron chi connectivity index (χ1n) is 5.67. The molecule has 98 valence electrons. The van der Waals surface area contributed by atoms with Crippen molar-refractivity contribution in [3.05, 3.63) is 46.7 Å². The highest BCUT2D eigenvalue weighted by Crippen LogP contribution is 2.26. The molecule has 1 heterocycles. The third-order valence-corrected chi connectivity index (χ3v) is 2.65. The van der Waals surface area contributed by atoms with Gasteiger partial charge in [0.2, 0.25) is 0 Å². The highest BCUT2D eigenvalue weighted by Gasteiger charge is 2.12. The monoisotopic (exact) mass is 278 g/mol. The summed E-state index contributed by atoms with van der Waals surface area (Å²) in [6, 6.07) is 7.97. The molecule has 19 heavy (non-hydrogen) atoms. The van der Waals surface area contributed by atoms with Crippen LogP contribution in [-0.2, 0) is 4.74 Å². The number of esters is 1. The topological polar surface area (TPSA) is 56.5 Å². The van der Waals surface area contributed by atoms with Gasteiger partial charge in [-0.25, -0.2) is 4.79 Å². The summed E-state index contributed by atoms with van der Waals surface area (Å²) < 4.78 is 10.2. The Morgan fingerprint density at radius 1 is 1.37 bits per heavy atom. The lowest BCUT2D eigenvalue weighted by molar-refractivity contribution is 0.0526. The Labute approximate surface area is 114 Å². The van der Waals surface area contributed by atoms with Crippen molar-refractivity contribution >= 4 is 23.9 Å². The minimum absolute atomic E-state index is 0.215. The third-order valence-electron chi connectivity index (χ3n) is 2.44. The average molecular weight is 279 g/mol. The molecule has 2 rings (SSSR count). The Morgan fingerprint density at radius 2 is 2.16 bits per heavy atom. The maximum atomic E-state index is 11.7. The molecule has 5 heteroatoms. The second-order valence-corrected chi connectivity index (χ2v) is 4.21. The zero-order valence-corrected chi connectivity index (χ0v) is 10.9. The zero-order valence-electron chi connectivity index (χ0n) is 10.2. The summed E-state index contributed by atoms with van der Waals surface area (Å²) in [5.74, 6) is 0.233. The van der Waals surface area contributed by atoms with Crippen LogP contribution in [0.3, 0.4) is 0 Å². The summed E-state index contributed by atoms with van der Waals surface area (Å²) >= 11 is 5.97. The van der Waals surface area contributed by atoms with Crippen molar-refractivity contribution in [3.63, 3.8) is 0 Å². The van der Waals surface area contributed by atoms with Crippen molar-refractivity contribution in [2.75, 3.05) is 6.61 Å². The fourth-order valence-electron chi connectivity index (χ4n) is 1.64. The first-order valence-corrected chi connectivity index (χ1v) is 6.05. The van der Waals surface area contributed by atoms with Gasteiger partial charge in [0.15, 0.2) is 12.0 Å². The van der Waals surface area contributed by atoms with E-state index < -0.39 is 5.97 Å². The lowest BCUT2D eigenvalue weighted by Crippen LogP contribution is -2.04. The Morgan fingerprint density at radius 3 is 2.79 bits per heavy atom. The van der Waals surface area contributed by atoms with Gasteiger partial charge < -0.3 is 9.15 Å². The average Bonchev–Trinajstić information content (AvgIpc) is 2.87. The number of aldehydes is 1. The maximum absolute atomic E-state index is 11.7. The van der Waals surface area contributed by atoms with Crippen LogP contribution in [0.1, 0.15) is 27.8 Å². The van der Waals surface area contributed by atoms with Crippen LogP contribution in [-0.4, -0.2) is 18.9 Å². The Kier molecular flexibility index (Phi) is 4.02. The molecule has 0 aliphatic heterocycles. The molecule has 0 bridgehead atoms. The molecule has 2 aromatic rings. The maximum Gasteiger partial charge on any atom is 0.338 e. The molecule has 0 saturated heterocycles.